The molecule has 4 heteroatoms. The van der Waals surface area contributed by atoms with Crippen LogP contribution in [0.3, 0.4) is 0 Å². The first-order valence-electron chi connectivity index (χ1n) is 3.85. The Morgan fingerprint density at radius 1 is 1.64 bits per heavy atom. The molecule has 0 aliphatic carbocycles. The van der Waals surface area contributed by atoms with Gasteiger partial charge in [-0.05, 0) is 23.9 Å². The van der Waals surface area contributed by atoms with Crippen molar-refractivity contribution in [1.82, 2.24) is 14.8 Å². The molecular formula is C7H10ClN3. The van der Waals surface area contributed by atoms with Crippen LogP contribution in [0.4, 0.5) is 0 Å². The third-order valence-electron chi connectivity index (χ3n) is 2.09. The summed E-state index contributed by atoms with van der Waals surface area (Å²) < 4.78 is 1.91. The molecule has 0 saturated heterocycles. The van der Waals surface area contributed by atoms with Gasteiger partial charge in [-0.25, -0.2) is 9.67 Å². The Hall–Kier alpha value is -0.570. The van der Waals surface area contributed by atoms with Crippen LogP contribution in [0.2, 0.25) is 5.28 Å². The minimum atomic E-state index is 0.383. The van der Waals surface area contributed by atoms with E-state index in [0.717, 1.165) is 24.7 Å². The van der Waals surface area contributed by atoms with E-state index in [1.165, 1.54) is 6.42 Å². The molecule has 0 spiro atoms. The lowest BCUT2D eigenvalue weighted by molar-refractivity contribution is 0.386. The Morgan fingerprint density at radius 3 is 3.27 bits per heavy atom. The summed E-state index contributed by atoms with van der Waals surface area (Å²) in [6.45, 7) is 3.20. The monoisotopic (exact) mass is 171 g/mol. The molecular weight excluding hydrogens is 162 g/mol. The van der Waals surface area contributed by atoms with Gasteiger partial charge in [0.1, 0.15) is 5.82 Å². The SMILES string of the molecule is CC1CCn2nc(Cl)nc2C1. The van der Waals surface area contributed by atoms with E-state index >= 15 is 0 Å². The second-order valence-corrected chi connectivity index (χ2v) is 3.46. The zero-order valence-electron chi connectivity index (χ0n) is 6.42. The van der Waals surface area contributed by atoms with Crippen LogP contribution in [-0.2, 0) is 13.0 Å². The van der Waals surface area contributed by atoms with Crippen molar-refractivity contribution in [2.75, 3.05) is 0 Å². The van der Waals surface area contributed by atoms with Crippen LogP contribution >= 0.6 is 11.6 Å². The third kappa shape index (κ3) is 1.25. The van der Waals surface area contributed by atoms with Gasteiger partial charge in [0.2, 0.25) is 5.28 Å². The van der Waals surface area contributed by atoms with Crippen LogP contribution < -0.4 is 0 Å². The van der Waals surface area contributed by atoms with Gasteiger partial charge in [-0.3, -0.25) is 0 Å². The molecule has 1 aliphatic rings. The van der Waals surface area contributed by atoms with E-state index in [0.29, 0.717) is 5.28 Å². The fraction of sp³-hybridized carbons (Fsp3) is 0.714. The van der Waals surface area contributed by atoms with Crippen molar-refractivity contribution in [1.29, 1.82) is 0 Å². The van der Waals surface area contributed by atoms with Crippen LogP contribution in [0.1, 0.15) is 19.2 Å². The normalized spacial score (nSPS) is 23.3. The van der Waals surface area contributed by atoms with Crippen LogP contribution in [0.25, 0.3) is 0 Å². The second-order valence-electron chi connectivity index (χ2n) is 3.12. The van der Waals surface area contributed by atoms with Gasteiger partial charge in [-0.2, -0.15) is 0 Å². The molecule has 11 heavy (non-hydrogen) atoms. The molecule has 0 radical (unpaired) electrons. The van der Waals surface area contributed by atoms with E-state index in [4.69, 9.17) is 11.6 Å². The predicted octanol–water partition coefficient (Wildman–Crippen LogP) is 1.51. The minimum Gasteiger partial charge on any atom is -0.249 e. The maximum absolute atomic E-state index is 5.66. The molecule has 0 aromatic carbocycles. The van der Waals surface area contributed by atoms with Gasteiger partial charge in [0, 0.05) is 13.0 Å². The van der Waals surface area contributed by atoms with Gasteiger partial charge < -0.3 is 0 Å². The quantitative estimate of drug-likeness (QED) is 0.593. The van der Waals surface area contributed by atoms with E-state index in [1.54, 1.807) is 0 Å². The zero-order chi connectivity index (χ0) is 7.84. The summed E-state index contributed by atoms with van der Waals surface area (Å²) in [5, 5.41) is 4.44. The molecule has 0 N–H and O–H groups in total. The number of hydrogen-bond donors (Lipinski definition) is 0. The van der Waals surface area contributed by atoms with Gasteiger partial charge in [-0.15, -0.1) is 5.10 Å². The molecule has 1 atom stereocenters. The highest BCUT2D eigenvalue weighted by atomic mass is 35.5. The molecule has 2 heterocycles. The Bertz CT molecular complexity index is 269. The van der Waals surface area contributed by atoms with Crippen LogP contribution in [0.15, 0.2) is 0 Å². The molecule has 60 valence electrons. The number of hydrogen-bond acceptors (Lipinski definition) is 2. The molecule has 1 aliphatic heterocycles. The summed E-state index contributed by atoms with van der Waals surface area (Å²) in [7, 11) is 0. The average Bonchev–Trinajstić information content (AvgIpc) is 2.27. The van der Waals surface area contributed by atoms with Crippen LogP contribution in [0, 0.1) is 5.92 Å². The lowest BCUT2D eigenvalue weighted by Crippen LogP contribution is -2.18. The Morgan fingerprint density at radius 2 is 2.45 bits per heavy atom. The zero-order valence-corrected chi connectivity index (χ0v) is 7.17. The highest BCUT2D eigenvalue weighted by Gasteiger charge is 2.17. The van der Waals surface area contributed by atoms with Crippen molar-refractivity contribution in [3.8, 4) is 0 Å². The Balaban J connectivity index is 2.34. The lowest BCUT2D eigenvalue weighted by atomic mass is 10.0. The first kappa shape index (κ1) is 7.10. The summed E-state index contributed by atoms with van der Waals surface area (Å²) in [4.78, 5) is 4.12. The van der Waals surface area contributed by atoms with Crippen molar-refractivity contribution in [3.63, 3.8) is 0 Å². The molecule has 0 fully saturated rings. The van der Waals surface area contributed by atoms with Crippen molar-refractivity contribution >= 4 is 11.6 Å². The van der Waals surface area contributed by atoms with Crippen LogP contribution in [-0.4, -0.2) is 14.8 Å². The summed E-state index contributed by atoms with van der Waals surface area (Å²) in [6.07, 6.45) is 2.20. The van der Waals surface area contributed by atoms with Gasteiger partial charge in [0.15, 0.2) is 0 Å². The molecule has 1 aromatic rings. The van der Waals surface area contributed by atoms with E-state index in [9.17, 15) is 0 Å². The highest BCUT2D eigenvalue weighted by molar-refractivity contribution is 6.28. The van der Waals surface area contributed by atoms with E-state index < -0.39 is 0 Å². The maximum atomic E-state index is 5.66. The first-order chi connectivity index (χ1) is 5.25. The number of nitrogens with zero attached hydrogens (tertiary/aromatic N) is 3. The highest BCUT2D eigenvalue weighted by Crippen LogP contribution is 2.18. The first-order valence-corrected chi connectivity index (χ1v) is 4.23. The molecule has 0 saturated carbocycles. The summed E-state index contributed by atoms with van der Waals surface area (Å²) >= 11 is 5.66. The molecule has 0 bridgehead atoms. The van der Waals surface area contributed by atoms with Gasteiger partial charge in [0.25, 0.3) is 0 Å². The number of aromatic nitrogens is 3. The number of aryl methyl sites for hydroxylation is 1. The average molecular weight is 172 g/mol. The molecule has 3 nitrogen and oxygen atoms in total. The fourth-order valence-corrected chi connectivity index (χ4v) is 1.62. The van der Waals surface area contributed by atoms with Crippen molar-refractivity contribution in [3.05, 3.63) is 11.1 Å². The van der Waals surface area contributed by atoms with Gasteiger partial charge in [-0.1, -0.05) is 6.92 Å². The summed E-state index contributed by atoms with van der Waals surface area (Å²) in [6, 6.07) is 0. The van der Waals surface area contributed by atoms with Crippen LogP contribution in [0.5, 0.6) is 0 Å². The van der Waals surface area contributed by atoms with E-state index in [2.05, 4.69) is 17.0 Å². The van der Waals surface area contributed by atoms with Gasteiger partial charge >= 0.3 is 0 Å². The number of rotatable bonds is 0. The topological polar surface area (TPSA) is 30.7 Å². The number of halogens is 1. The molecule has 2 rings (SSSR count). The molecule has 1 unspecified atom stereocenters. The predicted molar refractivity (Wildman–Crippen MR) is 42.5 cm³/mol. The minimum absolute atomic E-state index is 0.383. The van der Waals surface area contributed by atoms with E-state index in [-0.39, 0.29) is 0 Å². The molecule has 0 amide bonds. The largest absolute Gasteiger partial charge is 0.249 e. The number of fused-ring (bicyclic) bond motifs is 1. The Labute approximate surface area is 70.4 Å². The summed E-state index contributed by atoms with van der Waals surface area (Å²) in [5.41, 5.74) is 0. The Kier molecular flexibility index (Phi) is 1.60. The van der Waals surface area contributed by atoms with Crippen molar-refractivity contribution in [2.45, 2.75) is 26.3 Å². The summed E-state index contributed by atoms with van der Waals surface area (Å²) in [5.74, 6) is 1.76. The molecule has 1 aromatic heterocycles. The van der Waals surface area contributed by atoms with Crippen molar-refractivity contribution in [2.24, 2.45) is 5.92 Å². The van der Waals surface area contributed by atoms with Gasteiger partial charge in [0.05, 0.1) is 0 Å². The second kappa shape index (κ2) is 2.48. The lowest BCUT2D eigenvalue weighted by Gasteiger charge is -2.17. The van der Waals surface area contributed by atoms with E-state index in [1.807, 2.05) is 4.68 Å². The smallest absolute Gasteiger partial charge is 0.242 e. The van der Waals surface area contributed by atoms with Crippen molar-refractivity contribution < 1.29 is 0 Å². The maximum Gasteiger partial charge on any atom is 0.242 e. The standard InChI is InChI=1S/C7H10ClN3/c1-5-2-3-11-6(4-5)9-7(8)10-11/h5H,2-4H2,1H3. The third-order valence-corrected chi connectivity index (χ3v) is 2.25. The fourth-order valence-electron chi connectivity index (χ4n) is 1.43.